The molecule has 9 heteroatoms. The van der Waals surface area contributed by atoms with Crippen molar-refractivity contribution in [1.29, 1.82) is 0 Å². The third-order valence-corrected chi connectivity index (χ3v) is 4.62. The molecule has 2 aromatic rings. The van der Waals surface area contributed by atoms with Crippen LogP contribution < -0.4 is 10.5 Å². The van der Waals surface area contributed by atoms with Gasteiger partial charge in [0.15, 0.2) is 0 Å². The zero-order chi connectivity index (χ0) is 14.9. The number of benzene rings is 1. The van der Waals surface area contributed by atoms with Crippen molar-refractivity contribution >= 4 is 54.8 Å². The maximum Gasteiger partial charge on any atom is 0.295 e. The minimum Gasteiger partial charge on any atom is -0.446 e. The monoisotopic (exact) mass is 398 g/mol. The van der Waals surface area contributed by atoms with Gasteiger partial charge < -0.3 is 10.2 Å². The number of nitrogens with one attached hydrogen (secondary N) is 1. The van der Waals surface area contributed by atoms with E-state index in [-0.39, 0.29) is 27.4 Å². The zero-order valence-electron chi connectivity index (χ0n) is 9.86. The van der Waals surface area contributed by atoms with Crippen LogP contribution in [0.4, 0.5) is 5.69 Å². The molecule has 0 aliphatic heterocycles. The lowest BCUT2D eigenvalue weighted by Gasteiger charge is -2.10. The Balaban J connectivity index is 2.38. The van der Waals surface area contributed by atoms with Gasteiger partial charge in [-0.05, 0) is 24.3 Å². The summed E-state index contributed by atoms with van der Waals surface area (Å²) in [6.45, 7) is 0.106. The molecule has 1 aromatic heterocycles. The fraction of sp³-hybridized carbons (Fsp3) is 0.0909. The highest BCUT2D eigenvalue weighted by Gasteiger charge is 2.21. The molecular formula is C11H9BrCl2N2O3S. The molecule has 2 rings (SSSR count). The van der Waals surface area contributed by atoms with Crippen LogP contribution in [-0.2, 0) is 16.6 Å². The lowest BCUT2D eigenvalue weighted by Crippen LogP contribution is -2.13. The van der Waals surface area contributed by atoms with Gasteiger partial charge in [0.05, 0.1) is 22.3 Å². The van der Waals surface area contributed by atoms with E-state index < -0.39 is 10.0 Å². The normalized spacial score (nSPS) is 11.6. The molecular weight excluding hydrogens is 391 g/mol. The van der Waals surface area contributed by atoms with E-state index in [0.717, 1.165) is 0 Å². The van der Waals surface area contributed by atoms with Gasteiger partial charge in [-0.15, -0.1) is 0 Å². The Hall–Kier alpha value is -0.730. The Labute approximate surface area is 134 Å². The van der Waals surface area contributed by atoms with E-state index in [0.29, 0.717) is 10.2 Å². The van der Waals surface area contributed by atoms with Crippen LogP contribution in [0.1, 0.15) is 5.76 Å². The molecule has 0 radical (unpaired) electrons. The third kappa shape index (κ3) is 3.29. The molecule has 5 nitrogen and oxygen atoms in total. The van der Waals surface area contributed by atoms with Gasteiger partial charge in [-0.1, -0.05) is 39.1 Å². The van der Waals surface area contributed by atoms with Gasteiger partial charge in [0.25, 0.3) is 10.0 Å². The van der Waals surface area contributed by atoms with Gasteiger partial charge in [0, 0.05) is 4.47 Å². The first-order valence-electron chi connectivity index (χ1n) is 5.29. The number of rotatable bonds is 4. The molecule has 0 atom stereocenters. The number of furan rings is 1. The molecule has 3 N–H and O–H groups in total. The van der Waals surface area contributed by atoms with Crippen molar-refractivity contribution in [2.45, 2.75) is 11.6 Å². The number of hydrogen-bond donors (Lipinski definition) is 2. The Morgan fingerprint density at radius 3 is 2.35 bits per heavy atom. The fourth-order valence-electron chi connectivity index (χ4n) is 1.44. The molecule has 0 spiro atoms. The minimum atomic E-state index is -3.92. The van der Waals surface area contributed by atoms with Crippen LogP contribution in [0.15, 0.2) is 38.2 Å². The van der Waals surface area contributed by atoms with Crippen LogP contribution in [0, 0.1) is 0 Å². The highest BCUT2D eigenvalue weighted by atomic mass is 79.9. The minimum absolute atomic E-state index is 0.0854. The average Bonchev–Trinajstić information content (AvgIpc) is 2.83. The molecule has 0 fully saturated rings. The zero-order valence-corrected chi connectivity index (χ0v) is 13.8. The van der Waals surface area contributed by atoms with Crippen molar-refractivity contribution in [1.82, 2.24) is 0 Å². The molecule has 0 aliphatic carbocycles. The van der Waals surface area contributed by atoms with E-state index >= 15 is 0 Å². The van der Waals surface area contributed by atoms with E-state index in [1.165, 1.54) is 24.3 Å². The Morgan fingerprint density at radius 2 is 1.85 bits per heavy atom. The van der Waals surface area contributed by atoms with E-state index in [9.17, 15) is 8.42 Å². The molecule has 0 aliphatic rings. The highest BCUT2D eigenvalue weighted by Crippen LogP contribution is 2.35. The van der Waals surface area contributed by atoms with E-state index in [2.05, 4.69) is 20.7 Å². The summed E-state index contributed by atoms with van der Waals surface area (Å²) in [6.07, 6.45) is 0. The standard InChI is InChI=1S/C11H9BrCl2N2O3S/c12-6-3-8(13)11(9(14)4-6)16-20(17,18)10-2-1-7(5-15)19-10/h1-4,16H,5,15H2. The molecule has 1 heterocycles. The fourth-order valence-corrected chi connectivity index (χ4v) is 3.90. The first-order chi connectivity index (χ1) is 9.33. The van der Waals surface area contributed by atoms with Crippen LogP contribution in [-0.4, -0.2) is 8.42 Å². The average molecular weight is 400 g/mol. The summed E-state index contributed by atoms with van der Waals surface area (Å²) in [6, 6.07) is 5.85. The second-order valence-electron chi connectivity index (χ2n) is 3.77. The summed E-state index contributed by atoms with van der Waals surface area (Å²) in [5.41, 5.74) is 5.45. The van der Waals surface area contributed by atoms with Crippen LogP contribution in [0.5, 0.6) is 0 Å². The van der Waals surface area contributed by atoms with Gasteiger partial charge in [0.2, 0.25) is 5.09 Å². The highest BCUT2D eigenvalue weighted by molar-refractivity contribution is 9.10. The molecule has 0 amide bonds. The van der Waals surface area contributed by atoms with Gasteiger partial charge >= 0.3 is 0 Å². The summed E-state index contributed by atoms with van der Waals surface area (Å²) < 4.78 is 32.3. The van der Waals surface area contributed by atoms with Crippen molar-refractivity contribution in [3.63, 3.8) is 0 Å². The van der Waals surface area contributed by atoms with Crippen molar-refractivity contribution in [2.75, 3.05) is 4.72 Å². The number of sulfonamides is 1. The Kier molecular flexibility index (Phi) is 4.66. The van der Waals surface area contributed by atoms with Crippen LogP contribution in [0.2, 0.25) is 10.0 Å². The van der Waals surface area contributed by atoms with Gasteiger partial charge in [-0.25, -0.2) is 0 Å². The number of hydrogen-bond acceptors (Lipinski definition) is 4. The second kappa shape index (κ2) is 5.95. The van der Waals surface area contributed by atoms with Crippen molar-refractivity contribution in [3.8, 4) is 0 Å². The number of nitrogens with two attached hydrogens (primary N) is 1. The number of halogens is 3. The largest absolute Gasteiger partial charge is 0.446 e. The third-order valence-electron chi connectivity index (χ3n) is 2.35. The van der Waals surface area contributed by atoms with E-state index in [1.807, 2.05) is 0 Å². The van der Waals surface area contributed by atoms with Crippen LogP contribution in [0.3, 0.4) is 0 Å². The Bertz CT molecular complexity index is 723. The smallest absolute Gasteiger partial charge is 0.295 e. The molecule has 0 saturated heterocycles. The summed E-state index contributed by atoms with van der Waals surface area (Å²) in [5, 5.41) is 0.0742. The first kappa shape index (κ1) is 15.7. The topological polar surface area (TPSA) is 85.3 Å². The molecule has 108 valence electrons. The predicted octanol–water partition coefficient (Wildman–Crippen LogP) is 3.61. The van der Waals surface area contributed by atoms with E-state index in [4.69, 9.17) is 33.4 Å². The lowest BCUT2D eigenvalue weighted by molar-refractivity contribution is 0.417. The molecule has 0 saturated carbocycles. The maximum atomic E-state index is 12.1. The van der Waals surface area contributed by atoms with Crippen LogP contribution >= 0.6 is 39.1 Å². The van der Waals surface area contributed by atoms with Crippen LogP contribution in [0.25, 0.3) is 0 Å². The second-order valence-corrected chi connectivity index (χ2v) is 7.12. The summed E-state index contributed by atoms with van der Waals surface area (Å²) in [5.74, 6) is 0.360. The SMILES string of the molecule is NCc1ccc(S(=O)(=O)Nc2c(Cl)cc(Br)cc2Cl)o1. The molecule has 0 unspecified atom stereocenters. The molecule has 0 bridgehead atoms. The van der Waals surface area contributed by atoms with Gasteiger partial charge in [-0.2, -0.15) is 8.42 Å². The Morgan fingerprint density at radius 1 is 1.25 bits per heavy atom. The molecule has 1 aromatic carbocycles. The van der Waals surface area contributed by atoms with Crippen molar-refractivity contribution < 1.29 is 12.8 Å². The summed E-state index contributed by atoms with van der Waals surface area (Å²) >= 11 is 15.1. The molecule has 20 heavy (non-hydrogen) atoms. The van der Waals surface area contributed by atoms with Crippen molar-refractivity contribution in [3.05, 3.63) is 44.5 Å². The first-order valence-corrected chi connectivity index (χ1v) is 8.33. The summed E-state index contributed by atoms with van der Waals surface area (Å²) in [7, 11) is -3.92. The predicted molar refractivity (Wildman–Crippen MR) is 81.6 cm³/mol. The number of anilines is 1. The van der Waals surface area contributed by atoms with Gasteiger partial charge in [-0.3, -0.25) is 4.72 Å². The van der Waals surface area contributed by atoms with E-state index in [1.54, 1.807) is 0 Å². The van der Waals surface area contributed by atoms with Crippen molar-refractivity contribution in [2.24, 2.45) is 5.73 Å². The van der Waals surface area contributed by atoms with Gasteiger partial charge in [0.1, 0.15) is 5.76 Å². The lowest BCUT2D eigenvalue weighted by atomic mass is 10.3. The quantitative estimate of drug-likeness (QED) is 0.822. The summed E-state index contributed by atoms with van der Waals surface area (Å²) in [4.78, 5) is 0. The maximum absolute atomic E-state index is 12.1.